The van der Waals surface area contributed by atoms with Gasteiger partial charge in [-0.1, -0.05) is 24.9 Å². The number of piperidine rings is 1. The molecule has 2 aromatic heterocycles. The second-order valence-electron chi connectivity index (χ2n) is 9.22. The quantitative estimate of drug-likeness (QED) is 0.543. The van der Waals surface area contributed by atoms with Crippen molar-refractivity contribution >= 4 is 34.1 Å². The van der Waals surface area contributed by atoms with Crippen molar-refractivity contribution in [2.45, 2.75) is 39.5 Å². The number of likely N-dealkylation sites (tertiary alicyclic amines) is 1. The van der Waals surface area contributed by atoms with Gasteiger partial charge < -0.3 is 14.5 Å². The molecule has 0 bridgehead atoms. The topological polar surface area (TPSA) is 73.4 Å². The molecule has 4 heterocycles. The van der Waals surface area contributed by atoms with Crippen molar-refractivity contribution in [2.24, 2.45) is 0 Å². The van der Waals surface area contributed by atoms with E-state index in [-0.39, 0.29) is 0 Å². The minimum absolute atomic E-state index is 0.697. The third-order valence-electron chi connectivity index (χ3n) is 7.09. The molecule has 1 N–H and O–H groups in total. The van der Waals surface area contributed by atoms with Crippen LogP contribution in [0.5, 0.6) is 5.75 Å². The van der Waals surface area contributed by atoms with Crippen LogP contribution in [0, 0.1) is 6.92 Å². The second kappa shape index (κ2) is 10.4. The van der Waals surface area contributed by atoms with Gasteiger partial charge in [-0.2, -0.15) is 5.10 Å². The minimum Gasteiger partial charge on any atom is -0.492 e. The Bertz CT molecular complexity index is 1120. The molecule has 3 aromatic rings. The third-order valence-corrected chi connectivity index (χ3v) is 7.31. The molecule has 0 amide bonds. The number of rotatable bonds is 7. The summed E-state index contributed by atoms with van der Waals surface area (Å²) in [6, 6.07) is 4.02. The van der Waals surface area contributed by atoms with Gasteiger partial charge >= 0.3 is 0 Å². The second-order valence-corrected chi connectivity index (χ2v) is 9.66. The van der Waals surface area contributed by atoms with E-state index in [1.54, 1.807) is 6.33 Å². The number of nitrogens with zero attached hydrogens (tertiary/aromatic N) is 6. The van der Waals surface area contributed by atoms with Crippen LogP contribution < -0.4 is 14.5 Å². The molecule has 0 saturated carbocycles. The smallest absolute Gasteiger partial charge is 0.186 e. The predicted octanol–water partition coefficient (Wildman–Crippen LogP) is 4.07. The molecule has 2 aliphatic rings. The number of aryl methyl sites for hydroxylation is 1. The van der Waals surface area contributed by atoms with Crippen molar-refractivity contribution in [2.75, 3.05) is 62.2 Å². The van der Waals surface area contributed by atoms with Gasteiger partial charge in [-0.15, -0.1) is 0 Å². The van der Waals surface area contributed by atoms with Gasteiger partial charge in [0.05, 0.1) is 5.39 Å². The van der Waals surface area contributed by atoms with Gasteiger partial charge in [0, 0.05) is 54.7 Å². The van der Waals surface area contributed by atoms with Gasteiger partial charge in [0.1, 0.15) is 24.5 Å². The molecule has 2 aliphatic heterocycles. The monoisotopic (exact) mass is 483 g/mol. The lowest BCUT2D eigenvalue weighted by molar-refractivity contribution is 0.183. The Morgan fingerprint density at radius 3 is 2.53 bits per heavy atom. The Morgan fingerprint density at radius 2 is 1.76 bits per heavy atom. The number of aromatic nitrogens is 4. The summed E-state index contributed by atoms with van der Waals surface area (Å²) in [5.74, 6) is 1.87. The fourth-order valence-corrected chi connectivity index (χ4v) is 5.34. The number of hydrogen-bond donors (Lipinski definition) is 1. The molecule has 1 aromatic carbocycles. The van der Waals surface area contributed by atoms with Crippen molar-refractivity contribution in [3.63, 3.8) is 0 Å². The van der Waals surface area contributed by atoms with E-state index in [1.807, 2.05) is 6.07 Å². The lowest BCUT2D eigenvalue weighted by Gasteiger charge is -2.37. The highest BCUT2D eigenvalue weighted by molar-refractivity contribution is 6.31. The van der Waals surface area contributed by atoms with E-state index in [2.05, 4.69) is 54.8 Å². The first-order valence-corrected chi connectivity index (χ1v) is 12.8. The summed E-state index contributed by atoms with van der Waals surface area (Å²) in [4.78, 5) is 16.2. The maximum atomic E-state index is 6.52. The molecule has 182 valence electrons. The number of nitrogens with one attached hydrogen (secondary N) is 1. The number of H-pyrrole nitrogens is 1. The number of aromatic amines is 1. The first-order valence-electron chi connectivity index (χ1n) is 12.5. The van der Waals surface area contributed by atoms with Crippen LogP contribution in [0.15, 0.2) is 18.5 Å². The van der Waals surface area contributed by atoms with Crippen LogP contribution >= 0.6 is 11.6 Å². The van der Waals surface area contributed by atoms with E-state index in [9.17, 15) is 0 Å². The maximum Gasteiger partial charge on any atom is 0.186 e. The van der Waals surface area contributed by atoms with Crippen LogP contribution in [0.1, 0.15) is 37.4 Å². The average Bonchev–Trinajstić information content (AvgIpc) is 3.30. The summed E-state index contributed by atoms with van der Waals surface area (Å²) >= 11 is 6.52. The van der Waals surface area contributed by atoms with Crippen molar-refractivity contribution in [3.8, 4) is 5.75 Å². The lowest BCUT2D eigenvalue weighted by Crippen LogP contribution is -2.47. The van der Waals surface area contributed by atoms with Gasteiger partial charge in [0.25, 0.3) is 0 Å². The van der Waals surface area contributed by atoms with Crippen molar-refractivity contribution < 1.29 is 4.74 Å². The summed E-state index contributed by atoms with van der Waals surface area (Å²) < 4.78 is 6.22. The van der Waals surface area contributed by atoms with E-state index in [0.717, 1.165) is 83.7 Å². The SMILES string of the molecule is CCc1[nH]nc2ncnc(N3CCN(c4cc(Cl)cc(OCCN5CCCCC5)c4C)CC3)c12. The molecule has 0 atom stereocenters. The molecule has 2 fully saturated rings. The first-order chi connectivity index (χ1) is 16.6. The molecule has 2 saturated heterocycles. The fourth-order valence-electron chi connectivity index (χ4n) is 5.14. The summed E-state index contributed by atoms with van der Waals surface area (Å²) in [6.07, 6.45) is 6.43. The van der Waals surface area contributed by atoms with Crippen LogP contribution in [0.25, 0.3) is 11.0 Å². The zero-order valence-electron chi connectivity index (χ0n) is 20.2. The number of ether oxygens (including phenoxy) is 1. The van der Waals surface area contributed by atoms with Crippen LogP contribution in [0.3, 0.4) is 0 Å². The highest BCUT2D eigenvalue weighted by Crippen LogP contribution is 2.34. The van der Waals surface area contributed by atoms with Crippen molar-refractivity contribution in [3.05, 3.63) is 34.7 Å². The molecule has 5 rings (SSSR count). The molecule has 0 spiro atoms. The van der Waals surface area contributed by atoms with Crippen molar-refractivity contribution in [1.82, 2.24) is 25.1 Å². The first kappa shape index (κ1) is 23.2. The molecular formula is C25H34ClN7O. The normalized spacial score (nSPS) is 17.5. The predicted molar refractivity (Wildman–Crippen MR) is 137 cm³/mol. The van der Waals surface area contributed by atoms with E-state index in [0.29, 0.717) is 6.61 Å². The Hall–Kier alpha value is -2.58. The van der Waals surface area contributed by atoms with Gasteiger partial charge in [-0.05, 0) is 51.4 Å². The largest absolute Gasteiger partial charge is 0.492 e. The number of anilines is 2. The van der Waals surface area contributed by atoms with E-state index in [4.69, 9.17) is 16.3 Å². The Labute approximate surface area is 206 Å². The number of hydrogen-bond acceptors (Lipinski definition) is 7. The van der Waals surface area contributed by atoms with Crippen LogP contribution in [0.4, 0.5) is 11.5 Å². The molecular weight excluding hydrogens is 450 g/mol. The summed E-state index contributed by atoms with van der Waals surface area (Å²) in [6.45, 7) is 11.8. The summed E-state index contributed by atoms with van der Waals surface area (Å²) in [5.41, 5.74) is 4.14. The van der Waals surface area contributed by atoms with E-state index < -0.39 is 0 Å². The molecule has 0 unspecified atom stereocenters. The third kappa shape index (κ3) is 4.79. The molecule has 0 aliphatic carbocycles. The average molecular weight is 484 g/mol. The number of halogens is 1. The van der Waals surface area contributed by atoms with Gasteiger partial charge in [-0.3, -0.25) is 10.00 Å². The molecule has 34 heavy (non-hydrogen) atoms. The molecule has 0 radical (unpaired) electrons. The van der Waals surface area contributed by atoms with Crippen LogP contribution in [-0.2, 0) is 6.42 Å². The fraction of sp³-hybridized carbons (Fsp3) is 0.560. The standard InChI is InChI=1S/C25H34ClN7O/c1-3-20-23-24(30-29-20)27-17-28-25(23)33-11-9-32(10-12-33)21-15-19(26)16-22(18(21)2)34-14-13-31-7-5-4-6-8-31/h15-17H,3-14H2,1-2H3,(H,27,28,29,30). The number of benzene rings is 1. The zero-order valence-corrected chi connectivity index (χ0v) is 20.9. The van der Waals surface area contributed by atoms with Gasteiger partial charge in [-0.25, -0.2) is 9.97 Å². The minimum atomic E-state index is 0.697. The Kier molecular flexibility index (Phi) is 7.06. The lowest BCUT2D eigenvalue weighted by atomic mass is 10.1. The van der Waals surface area contributed by atoms with Crippen LogP contribution in [-0.4, -0.2) is 77.5 Å². The summed E-state index contributed by atoms with van der Waals surface area (Å²) in [5, 5.41) is 9.23. The zero-order chi connectivity index (χ0) is 23.5. The highest BCUT2D eigenvalue weighted by Gasteiger charge is 2.24. The highest BCUT2D eigenvalue weighted by atomic mass is 35.5. The Balaban J connectivity index is 1.26. The summed E-state index contributed by atoms with van der Waals surface area (Å²) in [7, 11) is 0. The van der Waals surface area contributed by atoms with E-state index in [1.165, 1.54) is 32.4 Å². The molecule has 8 nitrogen and oxygen atoms in total. The van der Waals surface area contributed by atoms with Gasteiger partial charge in [0.2, 0.25) is 0 Å². The maximum absolute atomic E-state index is 6.52. The number of fused-ring (bicyclic) bond motifs is 1. The van der Waals surface area contributed by atoms with Gasteiger partial charge in [0.15, 0.2) is 5.65 Å². The molecule has 9 heteroatoms. The Morgan fingerprint density at radius 1 is 1.00 bits per heavy atom. The number of piperazine rings is 1. The van der Waals surface area contributed by atoms with E-state index >= 15 is 0 Å². The van der Waals surface area contributed by atoms with Crippen molar-refractivity contribution in [1.29, 1.82) is 0 Å². The van der Waals surface area contributed by atoms with Crippen LogP contribution in [0.2, 0.25) is 5.02 Å².